The SMILES string of the molecule is CC(NC1CC2CCC1O2)c1nccn1C. The monoisotopic (exact) mass is 221 g/mol. The predicted molar refractivity (Wildman–Crippen MR) is 61.1 cm³/mol. The maximum atomic E-state index is 5.84. The van der Waals surface area contributed by atoms with Crippen LogP contribution in [0.3, 0.4) is 0 Å². The first-order valence-electron chi connectivity index (χ1n) is 6.13. The van der Waals surface area contributed by atoms with Crippen molar-refractivity contribution in [3.05, 3.63) is 18.2 Å². The Morgan fingerprint density at radius 1 is 1.56 bits per heavy atom. The molecule has 0 amide bonds. The predicted octanol–water partition coefficient (Wildman–Crippen LogP) is 1.39. The van der Waals surface area contributed by atoms with Crippen LogP contribution in [0.1, 0.15) is 38.1 Å². The molecule has 2 aliphatic heterocycles. The van der Waals surface area contributed by atoms with Gasteiger partial charge in [0, 0.05) is 25.5 Å². The highest BCUT2D eigenvalue weighted by molar-refractivity contribution is 5.01. The van der Waals surface area contributed by atoms with E-state index in [0.29, 0.717) is 24.3 Å². The highest BCUT2D eigenvalue weighted by Gasteiger charge is 2.41. The number of ether oxygens (including phenoxy) is 1. The average Bonchev–Trinajstić information content (AvgIpc) is 2.92. The third-order valence-electron chi connectivity index (χ3n) is 3.82. The lowest BCUT2D eigenvalue weighted by Gasteiger charge is -2.24. The van der Waals surface area contributed by atoms with Crippen LogP contribution in [-0.4, -0.2) is 27.8 Å². The molecule has 2 bridgehead atoms. The number of hydrogen-bond donors (Lipinski definition) is 1. The van der Waals surface area contributed by atoms with E-state index in [0.717, 1.165) is 5.82 Å². The molecule has 0 aromatic carbocycles. The van der Waals surface area contributed by atoms with E-state index in [2.05, 4.69) is 21.8 Å². The van der Waals surface area contributed by atoms with E-state index in [1.165, 1.54) is 19.3 Å². The lowest BCUT2D eigenvalue weighted by atomic mass is 9.95. The molecule has 1 N–H and O–H groups in total. The number of aromatic nitrogens is 2. The second kappa shape index (κ2) is 3.86. The molecule has 1 aromatic heterocycles. The molecule has 4 heteroatoms. The summed E-state index contributed by atoms with van der Waals surface area (Å²) in [4.78, 5) is 4.38. The number of nitrogens with one attached hydrogen (secondary N) is 1. The highest BCUT2D eigenvalue weighted by atomic mass is 16.5. The van der Waals surface area contributed by atoms with E-state index in [1.54, 1.807) is 0 Å². The first kappa shape index (κ1) is 10.3. The van der Waals surface area contributed by atoms with Crippen molar-refractivity contribution < 1.29 is 4.74 Å². The molecule has 0 aliphatic carbocycles. The summed E-state index contributed by atoms with van der Waals surface area (Å²) in [5.74, 6) is 1.10. The Labute approximate surface area is 96.0 Å². The third-order valence-corrected chi connectivity index (χ3v) is 3.82. The van der Waals surface area contributed by atoms with Crippen LogP contribution in [0.4, 0.5) is 0 Å². The van der Waals surface area contributed by atoms with Gasteiger partial charge in [-0.2, -0.15) is 0 Å². The Balaban J connectivity index is 1.65. The van der Waals surface area contributed by atoms with Gasteiger partial charge in [-0.15, -0.1) is 0 Å². The summed E-state index contributed by atoms with van der Waals surface area (Å²) in [5.41, 5.74) is 0. The van der Waals surface area contributed by atoms with E-state index in [1.807, 2.05) is 19.4 Å². The molecule has 16 heavy (non-hydrogen) atoms. The largest absolute Gasteiger partial charge is 0.373 e. The summed E-state index contributed by atoms with van der Waals surface area (Å²) < 4.78 is 7.92. The first-order chi connectivity index (χ1) is 7.74. The van der Waals surface area contributed by atoms with Gasteiger partial charge in [-0.25, -0.2) is 4.98 Å². The van der Waals surface area contributed by atoms with Crippen molar-refractivity contribution in [1.29, 1.82) is 0 Å². The molecule has 4 unspecified atom stereocenters. The number of imidazole rings is 1. The number of nitrogens with zero attached hydrogens (tertiary/aromatic N) is 2. The Hall–Kier alpha value is -0.870. The molecular weight excluding hydrogens is 202 g/mol. The Kier molecular flexibility index (Phi) is 2.48. The number of rotatable bonds is 3. The van der Waals surface area contributed by atoms with Gasteiger partial charge in [-0.05, 0) is 26.2 Å². The lowest BCUT2D eigenvalue weighted by Crippen LogP contribution is -2.39. The van der Waals surface area contributed by atoms with Crippen LogP contribution < -0.4 is 5.32 Å². The topological polar surface area (TPSA) is 39.1 Å². The van der Waals surface area contributed by atoms with Crippen molar-refractivity contribution in [2.45, 2.75) is 50.5 Å². The van der Waals surface area contributed by atoms with Crippen LogP contribution in [0.5, 0.6) is 0 Å². The molecule has 3 heterocycles. The van der Waals surface area contributed by atoms with Crippen LogP contribution in [0, 0.1) is 0 Å². The quantitative estimate of drug-likeness (QED) is 0.838. The van der Waals surface area contributed by atoms with Gasteiger partial charge in [0.2, 0.25) is 0 Å². The Bertz CT molecular complexity index is 376. The normalized spacial score (nSPS) is 34.5. The molecule has 0 saturated carbocycles. The number of fused-ring (bicyclic) bond motifs is 2. The van der Waals surface area contributed by atoms with Crippen LogP contribution in [0.2, 0.25) is 0 Å². The van der Waals surface area contributed by atoms with Crippen molar-refractivity contribution in [3.8, 4) is 0 Å². The third kappa shape index (κ3) is 1.66. The lowest BCUT2D eigenvalue weighted by molar-refractivity contribution is 0.0961. The highest BCUT2D eigenvalue weighted by Crippen LogP contribution is 2.35. The zero-order valence-corrected chi connectivity index (χ0v) is 9.89. The molecule has 3 rings (SSSR count). The fourth-order valence-electron chi connectivity index (χ4n) is 3.00. The maximum absolute atomic E-state index is 5.84. The van der Waals surface area contributed by atoms with Crippen LogP contribution >= 0.6 is 0 Å². The molecular formula is C12H19N3O. The Morgan fingerprint density at radius 3 is 3.00 bits per heavy atom. The van der Waals surface area contributed by atoms with Gasteiger partial charge in [0.15, 0.2) is 0 Å². The fourth-order valence-corrected chi connectivity index (χ4v) is 3.00. The molecule has 2 fully saturated rings. The van der Waals surface area contributed by atoms with E-state index in [9.17, 15) is 0 Å². The number of hydrogen-bond acceptors (Lipinski definition) is 3. The minimum atomic E-state index is 0.299. The van der Waals surface area contributed by atoms with Gasteiger partial charge in [-0.3, -0.25) is 0 Å². The molecule has 0 radical (unpaired) electrons. The standard InChI is InChI=1S/C12H19N3O/c1-8(12-13-5-6-15(12)2)14-10-7-9-3-4-11(10)16-9/h5-6,8-11,14H,3-4,7H2,1-2H3. The fraction of sp³-hybridized carbons (Fsp3) is 0.750. The minimum Gasteiger partial charge on any atom is -0.373 e. The summed E-state index contributed by atoms with van der Waals surface area (Å²) in [7, 11) is 2.04. The van der Waals surface area contributed by atoms with Crippen LogP contribution in [0.25, 0.3) is 0 Å². The van der Waals surface area contributed by atoms with Gasteiger partial charge in [-0.1, -0.05) is 0 Å². The zero-order valence-electron chi connectivity index (χ0n) is 9.89. The molecule has 88 valence electrons. The Morgan fingerprint density at radius 2 is 2.44 bits per heavy atom. The summed E-state index contributed by atoms with van der Waals surface area (Å²) in [5, 5.41) is 3.65. The van der Waals surface area contributed by atoms with Gasteiger partial charge < -0.3 is 14.6 Å². The number of aryl methyl sites for hydroxylation is 1. The van der Waals surface area contributed by atoms with Crippen LogP contribution in [-0.2, 0) is 11.8 Å². The van der Waals surface area contributed by atoms with E-state index < -0.39 is 0 Å². The van der Waals surface area contributed by atoms with Crippen molar-refractivity contribution in [2.24, 2.45) is 7.05 Å². The molecule has 1 aromatic rings. The molecule has 0 spiro atoms. The van der Waals surface area contributed by atoms with Crippen molar-refractivity contribution in [3.63, 3.8) is 0 Å². The smallest absolute Gasteiger partial charge is 0.125 e. The summed E-state index contributed by atoms with van der Waals surface area (Å²) in [6, 6.07) is 0.818. The van der Waals surface area contributed by atoms with Gasteiger partial charge in [0.05, 0.1) is 18.2 Å². The second-order valence-electron chi connectivity index (χ2n) is 5.00. The summed E-state index contributed by atoms with van der Waals surface area (Å²) in [6.07, 6.45) is 8.42. The van der Waals surface area contributed by atoms with Gasteiger partial charge in [0.1, 0.15) is 5.82 Å². The van der Waals surface area contributed by atoms with Gasteiger partial charge in [0.25, 0.3) is 0 Å². The summed E-state index contributed by atoms with van der Waals surface area (Å²) >= 11 is 0. The van der Waals surface area contributed by atoms with Crippen molar-refractivity contribution in [2.75, 3.05) is 0 Å². The zero-order chi connectivity index (χ0) is 11.1. The minimum absolute atomic E-state index is 0.299. The van der Waals surface area contributed by atoms with E-state index in [-0.39, 0.29) is 0 Å². The van der Waals surface area contributed by atoms with Crippen molar-refractivity contribution in [1.82, 2.24) is 14.9 Å². The van der Waals surface area contributed by atoms with Crippen molar-refractivity contribution >= 4 is 0 Å². The molecule has 2 aliphatic rings. The second-order valence-corrected chi connectivity index (χ2v) is 5.00. The molecule has 2 saturated heterocycles. The average molecular weight is 221 g/mol. The molecule has 4 atom stereocenters. The van der Waals surface area contributed by atoms with Crippen LogP contribution in [0.15, 0.2) is 12.4 Å². The molecule has 4 nitrogen and oxygen atoms in total. The first-order valence-corrected chi connectivity index (χ1v) is 6.13. The summed E-state index contributed by atoms with van der Waals surface area (Å²) in [6.45, 7) is 2.17. The van der Waals surface area contributed by atoms with E-state index >= 15 is 0 Å². The van der Waals surface area contributed by atoms with Gasteiger partial charge >= 0.3 is 0 Å². The maximum Gasteiger partial charge on any atom is 0.125 e. The van der Waals surface area contributed by atoms with E-state index in [4.69, 9.17) is 4.74 Å².